The van der Waals surface area contributed by atoms with E-state index < -0.39 is 0 Å². The van der Waals surface area contributed by atoms with E-state index in [0.29, 0.717) is 24.4 Å². The standard InChI is InChI=1S/C17H21N5O2S.ClH/c23-12-7-11(20-9-12)8-21-17(24)15-10-22(5-6-25-15)14-2-4-19-16-13(14)1-3-18-16;/h1-4,10-12,20,23H,5-9H2,(H,18,19)(H,21,24);1H/t11-,12+;/m1./s1. The van der Waals surface area contributed by atoms with E-state index in [9.17, 15) is 9.90 Å². The molecule has 1 fully saturated rings. The number of aliphatic hydroxyl groups is 1. The molecule has 9 heteroatoms. The summed E-state index contributed by atoms with van der Waals surface area (Å²) in [4.78, 5) is 22.7. The molecule has 140 valence electrons. The quantitative estimate of drug-likeness (QED) is 0.622. The fraction of sp³-hybridized carbons (Fsp3) is 0.412. The highest BCUT2D eigenvalue weighted by Crippen LogP contribution is 2.30. The summed E-state index contributed by atoms with van der Waals surface area (Å²) in [6.07, 6.45) is 5.94. The van der Waals surface area contributed by atoms with Crippen molar-refractivity contribution in [3.8, 4) is 0 Å². The first-order valence-corrected chi connectivity index (χ1v) is 9.42. The van der Waals surface area contributed by atoms with E-state index in [1.807, 2.05) is 24.5 Å². The van der Waals surface area contributed by atoms with Gasteiger partial charge in [-0.1, -0.05) is 0 Å². The molecule has 4 rings (SSSR count). The van der Waals surface area contributed by atoms with Crippen LogP contribution in [0.3, 0.4) is 0 Å². The number of thioether (sulfide) groups is 1. The molecule has 26 heavy (non-hydrogen) atoms. The summed E-state index contributed by atoms with van der Waals surface area (Å²) in [6.45, 7) is 1.98. The number of hydrogen-bond acceptors (Lipinski definition) is 6. The van der Waals surface area contributed by atoms with Gasteiger partial charge in [0.25, 0.3) is 5.91 Å². The Morgan fingerprint density at radius 2 is 2.35 bits per heavy atom. The predicted molar refractivity (Wildman–Crippen MR) is 107 cm³/mol. The van der Waals surface area contributed by atoms with Gasteiger partial charge in [0, 0.05) is 55.4 Å². The zero-order valence-electron chi connectivity index (χ0n) is 14.1. The molecule has 0 aliphatic carbocycles. The third-order valence-electron chi connectivity index (χ3n) is 4.54. The van der Waals surface area contributed by atoms with Gasteiger partial charge in [-0.05, 0) is 18.6 Å². The van der Waals surface area contributed by atoms with Crippen molar-refractivity contribution in [2.75, 3.05) is 30.3 Å². The molecule has 0 saturated carbocycles. The van der Waals surface area contributed by atoms with Gasteiger partial charge < -0.3 is 25.6 Å². The van der Waals surface area contributed by atoms with Gasteiger partial charge in [0.15, 0.2) is 0 Å². The number of aromatic amines is 1. The second kappa shape index (κ2) is 8.30. The van der Waals surface area contributed by atoms with Gasteiger partial charge in [0.05, 0.1) is 16.7 Å². The number of H-pyrrole nitrogens is 1. The number of anilines is 1. The Bertz CT molecular complexity index is 811. The summed E-state index contributed by atoms with van der Waals surface area (Å²) >= 11 is 1.57. The summed E-state index contributed by atoms with van der Waals surface area (Å²) in [7, 11) is 0. The molecule has 4 N–H and O–H groups in total. The molecule has 4 heterocycles. The highest BCUT2D eigenvalue weighted by molar-refractivity contribution is 8.04. The Morgan fingerprint density at radius 3 is 3.15 bits per heavy atom. The van der Waals surface area contributed by atoms with Crippen LogP contribution in [0.2, 0.25) is 0 Å². The first kappa shape index (κ1) is 19.0. The van der Waals surface area contributed by atoms with Gasteiger partial charge in [-0.2, -0.15) is 0 Å². The van der Waals surface area contributed by atoms with Crippen molar-refractivity contribution in [2.45, 2.75) is 18.6 Å². The minimum atomic E-state index is -0.309. The number of hydrogen-bond donors (Lipinski definition) is 4. The number of rotatable bonds is 4. The lowest BCUT2D eigenvalue weighted by Crippen LogP contribution is -2.38. The van der Waals surface area contributed by atoms with Crippen molar-refractivity contribution in [3.63, 3.8) is 0 Å². The van der Waals surface area contributed by atoms with Crippen LogP contribution in [0.1, 0.15) is 6.42 Å². The molecule has 7 nitrogen and oxygen atoms in total. The van der Waals surface area contributed by atoms with Crippen molar-refractivity contribution in [2.24, 2.45) is 0 Å². The minimum absolute atomic E-state index is 0. The van der Waals surface area contributed by atoms with Crippen molar-refractivity contribution in [3.05, 3.63) is 35.6 Å². The number of aliphatic hydroxyl groups excluding tert-OH is 1. The Balaban J connectivity index is 0.00000196. The van der Waals surface area contributed by atoms with Crippen molar-refractivity contribution < 1.29 is 9.90 Å². The molecule has 2 atom stereocenters. The third-order valence-corrected chi connectivity index (χ3v) is 5.53. The molecule has 0 bridgehead atoms. The lowest BCUT2D eigenvalue weighted by Gasteiger charge is -2.26. The number of β-amino-alcohol motifs (C(OH)–C–C–N with tert-alkyl or cyclic N) is 1. The van der Waals surface area contributed by atoms with E-state index in [1.165, 1.54) is 0 Å². The maximum atomic E-state index is 12.5. The van der Waals surface area contributed by atoms with Crippen LogP contribution in [0.5, 0.6) is 0 Å². The average Bonchev–Trinajstić information content (AvgIpc) is 3.28. The van der Waals surface area contributed by atoms with Gasteiger partial charge in [0.1, 0.15) is 5.65 Å². The highest BCUT2D eigenvalue weighted by atomic mass is 35.5. The number of carbonyl (C=O) groups is 1. The zero-order valence-corrected chi connectivity index (χ0v) is 15.8. The molecular weight excluding hydrogens is 374 g/mol. The van der Waals surface area contributed by atoms with Crippen molar-refractivity contribution in [1.29, 1.82) is 0 Å². The van der Waals surface area contributed by atoms with Crippen LogP contribution in [0.15, 0.2) is 35.6 Å². The summed E-state index contributed by atoms with van der Waals surface area (Å²) in [5, 5.41) is 16.8. The zero-order chi connectivity index (χ0) is 17.2. The highest BCUT2D eigenvalue weighted by Gasteiger charge is 2.24. The molecule has 0 spiro atoms. The molecule has 0 aromatic carbocycles. The van der Waals surface area contributed by atoms with Crippen LogP contribution >= 0.6 is 24.2 Å². The number of fused-ring (bicyclic) bond motifs is 1. The summed E-state index contributed by atoms with van der Waals surface area (Å²) < 4.78 is 0. The second-order valence-corrected chi connectivity index (χ2v) is 7.45. The molecule has 1 amide bonds. The van der Waals surface area contributed by atoms with Gasteiger partial charge in [-0.25, -0.2) is 4.98 Å². The van der Waals surface area contributed by atoms with E-state index in [2.05, 4.69) is 25.5 Å². The molecule has 2 aliphatic rings. The number of carbonyl (C=O) groups excluding carboxylic acids is 1. The van der Waals surface area contributed by atoms with Crippen LogP contribution in [0, 0.1) is 0 Å². The third kappa shape index (κ3) is 3.98. The van der Waals surface area contributed by atoms with Crippen molar-refractivity contribution >= 4 is 46.8 Å². The first-order valence-electron chi connectivity index (χ1n) is 8.44. The second-order valence-electron chi connectivity index (χ2n) is 6.31. The van der Waals surface area contributed by atoms with Gasteiger partial charge in [0.2, 0.25) is 0 Å². The van der Waals surface area contributed by atoms with E-state index in [4.69, 9.17) is 0 Å². The van der Waals surface area contributed by atoms with Gasteiger partial charge >= 0.3 is 0 Å². The van der Waals surface area contributed by atoms with Crippen LogP contribution in [0.4, 0.5) is 5.69 Å². The average molecular weight is 396 g/mol. The van der Waals surface area contributed by atoms with Gasteiger partial charge in [-0.15, -0.1) is 24.2 Å². The van der Waals surface area contributed by atoms with Gasteiger partial charge in [-0.3, -0.25) is 4.79 Å². The number of halogens is 1. The van der Waals surface area contributed by atoms with E-state index in [1.54, 1.807) is 18.0 Å². The van der Waals surface area contributed by atoms with E-state index in [-0.39, 0.29) is 30.5 Å². The van der Waals surface area contributed by atoms with Crippen LogP contribution in [0.25, 0.3) is 11.0 Å². The Kier molecular flexibility index (Phi) is 6.08. The fourth-order valence-corrected chi connectivity index (χ4v) is 4.18. The maximum Gasteiger partial charge on any atom is 0.259 e. The molecule has 0 radical (unpaired) electrons. The number of nitrogens with one attached hydrogen (secondary N) is 3. The number of aromatic nitrogens is 2. The Labute approximate surface area is 162 Å². The molecule has 1 saturated heterocycles. The van der Waals surface area contributed by atoms with Crippen LogP contribution < -0.4 is 15.5 Å². The molecular formula is C17H22ClN5O2S. The monoisotopic (exact) mass is 395 g/mol. The Morgan fingerprint density at radius 1 is 1.46 bits per heavy atom. The number of amides is 1. The maximum absolute atomic E-state index is 12.5. The number of nitrogens with zero attached hydrogens (tertiary/aromatic N) is 2. The predicted octanol–water partition coefficient (Wildman–Crippen LogP) is 1.22. The number of pyridine rings is 1. The fourth-order valence-electron chi connectivity index (χ4n) is 3.26. The Hall–Kier alpha value is -1.74. The van der Waals surface area contributed by atoms with E-state index >= 15 is 0 Å². The molecule has 2 aliphatic heterocycles. The van der Waals surface area contributed by atoms with Crippen molar-refractivity contribution in [1.82, 2.24) is 20.6 Å². The first-order chi connectivity index (χ1) is 12.2. The van der Waals surface area contributed by atoms with E-state index in [0.717, 1.165) is 29.0 Å². The normalized spacial score (nSPS) is 22.8. The largest absolute Gasteiger partial charge is 0.392 e. The van der Waals surface area contributed by atoms with Crippen LogP contribution in [-0.2, 0) is 4.79 Å². The summed E-state index contributed by atoms with van der Waals surface area (Å²) in [5.74, 6) is 0.797. The smallest absolute Gasteiger partial charge is 0.259 e. The lowest BCUT2D eigenvalue weighted by atomic mass is 10.2. The molecule has 2 aromatic rings. The topological polar surface area (TPSA) is 93.3 Å². The molecule has 2 aromatic heterocycles. The van der Waals surface area contributed by atoms with Crippen LogP contribution in [-0.4, -0.2) is 58.5 Å². The summed E-state index contributed by atoms with van der Waals surface area (Å²) in [6, 6.07) is 4.12. The minimum Gasteiger partial charge on any atom is -0.392 e. The molecule has 0 unspecified atom stereocenters. The lowest BCUT2D eigenvalue weighted by molar-refractivity contribution is -0.116. The summed E-state index contributed by atoms with van der Waals surface area (Å²) in [5.41, 5.74) is 1.90. The SMILES string of the molecule is Cl.O=C(NC[C@H]1C[C@H](O)CN1)C1=CN(c2ccnc3[nH]ccc23)CCS1.